The molecule has 0 bridgehead atoms. The molecule has 3 aromatic rings. The van der Waals surface area contributed by atoms with Crippen molar-refractivity contribution in [3.63, 3.8) is 0 Å². The number of methoxy groups -OCH3 is 2. The van der Waals surface area contributed by atoms with Crippen LogP contribution in [0.25, 0.3) is 16.6 Å². The average Bonchev–Trinajstić information content (AvgIpc) is 3.33. The van der Waals surface area contributed by atoms with E-state index in [4.69, 9.17) is 21.1 Å². The lowest BCUT2D eigenvalue weighted by Gasteiger charge is -2.06. The standard InChI is InChI=1S/C20H17ClN4O3/c1-27-13-4-5-15-16(9-13)24-19(23-15)12-8-18(22-10-12)25-20(26)11-3-6-17(28-2)14(21)7-11/h3-9H,10H2,1-2H3,(H,23,24)(H,22,25,26). The van der Waals surface area contributed by atoms with E-state index in [2.05, 4.69) is 20.3 Å². The number of ether oxygens (including phenoxy) is 2. The van der Waals surface area contributed by atoms with Crippen LogP contribution in [0, 0.1) is 0 Å². The summed E-state index contributed by atoms with van der Waals surface area (Å²) in [6.07, 6.45) is 1.80. The number of fused-ring (bicyclic) bond motifs is 1. The Balaban J connectivity index is 1.50. The monoisotopic (exact) mass is 396 g/mol. The van der Waals surface area contributed by atoms with Gasteiger partial charge in [-0.25, -0.2) is 4.98 Å². The Morgan fingerprint density at radius 1 is 1.18 bits per heavy atom. The van der Waals surface area contributed by atoms with Crippen molar-refractivity contribution in [2.24, 2.45) is 4.99 Å². The Hall–Kier alpha value is -3.32. The van der Waals surface area contributed by atoms with Gasteiger partial charge in [-0.15, -0.1) is 0 Å². The molecular weight excluding hydrogens is 380 g/mol. The van der Waals surface area contributed by atoms with Gasteiger partial charge < -0.3 is 19.8 Å². The highest BCUT2D eigenvalue weighted by atomic mass is 35.5. The molecule has 28 heavy (non-hydrogen) atoms. The quantitative estimate of drug-likeness (QED) is 0.706. The molecule has 0 saturated heterocycles. The van der Waals surface area contributed by atoms with E-state index in [1.54, 1.807) is 31.4 Å². The van der Waals surface area contributed by atoms with Gasteiger partial charge in [-0.1, -0.05) is 11.6 Å². The lowest BCUT2D eigenvalue weighted by molar-refractivity contribution is 0.0977. The number of nitrogens with one attached hydrogen (secondary N) is 2. The minimum absolute atomic E-state index is 0.296. The molecule has 0 unspecified atom stereocenters. The predicted octanol–water partition coefficient (Wildman–Crippen LogP) is 3.46. The van der Waals surface area contributed by atoms with Gasteiger partial charge in [0.05, 0.1) is 36.8 Å². The van der Waals surface area contributed by atoms with Crippen LogP contribution < -0.4 is 14.8 Å². The number of amidine groups is 1. The number of aliphatic imine (C=N–C) groups is 1. The predicted molar refractivity (Wildman–Crippen MR) is 108 cm³/mol. The summed E-state index contributed by atoms with van der Waals surface area (Å²) in [7, 11) is 3.14. The number of hydrogen-bond donors (Lipinski definition) is 2. The number of imidazole rings is 1. The summed E-state index contributed by atoms with van der Waals surface area (Å²) < 4.78 is 10.3. The molecule has 0 fully saturated rings. The van der Waals surface area contributed by atoms with Gasteiger partial charge in [-0.3, -0.25) is 9.79 Å². The Morgan fingerprint density at radius 2 is 2.04 bits per heavy atom. The van der Waals surface area contributed by atoms with Crippen LogP contribution >= 0.6 is 11.6 Å². The number of nitrogens with zero attached hydrogens (tertiary/aromatic N) is 2. The molecule has 0 aliphatic carbocycles. The number of amides is 1. The first-order valence-electron chi connectivity index (χ1n) is 8.51. The zero-order chi connectivity index (χ0) is 19.7. The summed E-state index contributed by atoms with van der Waals surface area (Å²) in [5.74, 6) is 2.16. The SMILES string of the molecule is COc1ccc2nc(C3=CC(NC(=O)c4ccc(OC)c(Cl)c4)=NC3)[nH]c2c1. The second-order valence-corrected chi connectivity index (χ2v) is 6.55. The highest BCUT2D eigenvalue weighted by Gasteiger charge is 2.17. The maximum absolute atomic E-state index is 12.4. The van der Waals surface area contributed by atoms with Crippen LogP contribution in [0.1, 0.15) is 16.2 Å². The molecular formula is C20H17ClN4O3. The molecule has 2 aromatic carbocycles. The van der Waals surface area contributed by atoms with E-state index in [1.165, 1.54) is 7.11 Å². The van der Waals surface area contributed by atoms with Crippen LogP contribution in [0.3, 0.4) is 0 Å². The van der Waals surface area contributed by atoms with E-state index >= 15 is 0 Å². The van der Waals surface area contributed by atoms with Crippen molar-refractivity contribution in [2.75, 3.05) is 20.8 Å². The van der Waals surface area contributed by atoms with Crippen LogP contribution in [0.2, 0.25) is 5.02 Å². The van der Waals surface area contributed by atoms with Gasteiger partial charge >= 0.3 is 0 Å². The van der Waals surface area contributed by atoms with Gasteiger partial charge in [0.25, 0.3) is 5.91 Å². The third-order valence-corrected chi connectivity index (χ3v) is 4.67. The van der Waals surface area contributed by atoms with E-state index in [-0.39, 0.29) is 5.91 Å². The fourth-order valence-corrected chi connectivity index (χ4v) is 3.17. The van der Waals surface area contributed by atoms with Crippen molar-refractivity contribution in [2.45, 2.75) is 0 Å². The Labute approximate surface area is 166 Å². The largest absolute Gasteiger partial charge is 0.497 e. The van der Waals surface area contributed by atoms with Crippen molar-refractivity contribution in [3.05, 3.63) is 58.9 Å². The molecule has 1 aliphatic heterocycles. The number of hydrogen-bond acceptors (Lipinski definition) is 5. The van der Waals surface area contributed by atoms with E-state index in [0.717, 1.165) is 22.4 Å². The molecule has 0 spiro atoms. The van der Waals surface area contributed by atoms with Crippen LogP contribution in [0.5, 0.6) is 11.5 Å². The lowest BCUT2D eigenvalue weighted by atomic mass is 10.2. The molecule has 8 heteroatoms. The van der Waals surface area contributed by atoms with Crippen molar-refractivity contribution < 1.29 is 14.3 Å². The van der Waals surface area contributed by atoms with Crippen LogP contribution in [0.4, 0.5) is 0 Å². The topological polar surface area (TPSA) is 88.6 Å². The van der Waals surface area contributed by atoms with Crippen LogP contribution in [-0.4, -0.2) is 42.5 Å². The Bertz CT molecular complexity index is 1130. The summed E-state index contributed by atoms with van der Waals surface area (Å²) in [6.45, 7) is 0.427. The minimum atomic E-state index is -0.296. The number of halogens is 1. The summed E-state index contributed by atoms with van der Waals surface area (Å²) >= 11 is 6.09. The second kappa shape index (κ2) is 7.36. The fraction of sp³-hybridized carbons (Fsp3) is 0.150. The smallest absolute Gasteiger partial charge is 0.256 e. The molecule has 0 saturated carbocycles. The molecule has 0 radical (unpaired) electrons. The number of aromatic nitrogens is 2. The van der Waals surface area contributed by atoms with Crippen LogP contribution in [-0.2, 0) is 0 Å². The summed E-state index contributed by atoms with van der Waals surface area (Å²) in [6, 6.07) is 10.5. The highest BCUT2D eigenvalue weighted by molar-refractivity contribution is 6.32. The number of carbonyl (C=O) groups excluding carboxylic acids is 1. The van der Waals surface area contributed by atoms with Gasteiger partial charge in [0.2, 0.25) is 0 Å². The highest BCUT2D eigenvalue weighted by Crippen LogP contribution is 2.25. The van der Waals surface area contributed by atoms with Gasteiger partial charge in [0.1, 0.15) is 23.2 Å². The van der Waals surface area contributed by atoms with Gasteiger partial charge in [-0.2, -0.15) is 0 Å². The number of benzene rings is 2. The summed E-state index contributed by atoms with van der Waals surface area (Å²) in [4.78, 5) is 24.7. The van der Waals surface area contributed by atoms with E-state index in [0.29, 0.717) is 34.5 Å². The van der Waals surface area contributed by atoms with E-state index in [9.17, 15) is 4.79 Å². The van der Waals surface area contributed by atoms with Crippen molar-refractivity contribution in [1.29, 1.82) is 0 Å². The molecule has 1 amide bonds. The molecule has 1 aromatic heterocycles. The molecule has 4 rings (SSSR count). The van der Waals surface area contributed by atoms with E-state index < -0.39 is 0 Å². The normalized spacial score (nSPS) is 13.2. The molecule has 2 heterocycles. The second-order valence-electron chi connectivity index (χ2n) is 6.14. The summed E-state index contributed by atoms with van der Waals surface area (Å²) in [5.41, 5.74) is 3.02. The number of H-pyrrole nitrogens is 1. The van der Waals surface area contributed by atoms with Crippen molar-refractivity contribution >= 4 is 40.0 Å². The average molecular weight is 397 g/mol. The van der Waals surface area contributed by atoms with Crippen LogP contribution in [0.15, 0.2) is 47.5 Å². The van der Waals surface area contributed by atoms with Gasteiger partial charge in [-0.05, 0) is 36.4 Å². The Kier molecular flexibility index (Phi) is 4.75. The molecule has 142 valence electrons. The zero-order valence-corrected chi connectivity index (χ0v) is 16.0. The first kappa shape index (κ1) is 18.1. The number of carbonyl (C=O) groups is 1. The number of aromatic amines is 1. The first-order chi connectivity index (χ1) is 13.6. The lowest BCUT2D eigenvalue weighted by Crippen LogP contribution is -2.28. The van der Waals surface area contributed by atoms with Gasteiger partial charge in [0, 0.05) is 17.2 Å². The third-order valence-electron chi connectivity index (χ3n) is 4.38. The third kappa shape index (κ3) is 3.44. The van der Waals surface area contributed by atoms with Crippen molar-refractivity contribution in [1.82, 2.24) is 15.3 Å². The van der Waals surface area contributed by atoms with Crippen molar-refractivity contribution in [3.8, 4) is 11.5 Å². The molecule has 2 N–H and O–H groups in total. The Morgan fingerprint density at radius 3 is 2.79 bits per heavy atom. The number of rotatable bonds is 4. The first-order valence-corrected chi connectivity index (χ1v) is 8.89. The van der Waals surface area contributed by atoms with Gasteiger partial charge in [0.15, 0.2) is 0 Å². The summed E-state index contributed by atoms with van der Waals surface area (Å²) in [5, 5.41) is 3.16. The minimum Gasteiger partial charge on any atom is -0.497 e. The van der Waals surface area contributed by atoms with E-state index in [1.807, 2.05) is 18.2 Å². The molecule has 7 nitrogen and oxygen atoms in total. The maximum Gasteiger partial charge on any atom is 0.256 e. The molecule has 0 atom stereocenters. The maximum atomic E-state index is 12.4. The zero-order valence-electron chi connectivity index (χ0n) is 15.2. The fourth-order valence-electron chi connectivity index (χ4n) is 2.91. The molecule has 1 aliphatic rings.